The maximum atomic E-state index is 12.6. The molecular weight excluding hydrogens is 402 g/mol. The first-order chi connectivity index (χ1) is 12.1. The van der Waals surface area contributed by atoms with Crippen molar-refractivity contribution in [1.29, 1.82) is 0 Å². The number of halogens is 1. The fraction of sp³-hybridized carbons (Fsp3) is 0.368. The summed E-state index contributed by atoms with van der Waals surface area (Å²) in [5.74, 6) is -0.553. The maximum Gasteiger partial charge on any atom is 0.341 e. The molecule has 1 heterocycles. The first-order valence-electron chi connectivity index (χ1n) is 8.48. The van der Waals surface area contributed by atoms with E-state index < -0.39 is 0 Å². The molecule has 0 fully saturated rings. The molecule has 4 nitrogen and oxygen atoms in total. The van der Waals surface area contributed by atoms with Crippen LogP contribution in [0.25, 0.3) is 0 Å². The van der Waals surface area contributed by atoms with Crippen LogP contribution in [0.2, 0.25) is 0 Å². The molecule has 0 saturated heterocycles. The summed E-state index contributed by atoms with van der Waals surface area (Å²) in [6, 6.07) is 7.15. The Bertz CT molecular complexity index is 783. The number of fused-ring (bicyclic) bond motifs is 1. The van der Waals surface area contributed by atoms with E-state index in [0.717, 1.165) is 35.7 Å². The van der Waals surface area contributed by atoms with Gasteiger partial charge in [-0.3, -0.25) is 4.79 Å². The number of hydrogen-bond donors (Lipinski definition) is 1. The van der Waals surface area contributed by atoms with E-state index in [1.807, 2.05) is 12.1 Å². The molecule has 1 aromatic heterocycles. The lowest BCUT2D eigenvalue weighted by Crippen LogP contribution is -2.15. The lowest BCUT2D eigenvalue weighted by Gasteiger charge is -2.08. The second-order valence-electron chi connectivity index (χ2n) is 5.95. The number of nitrogens with one attached hydrogen (secondary N) is 1. The fourth-order valence-corrected chi connectivity index (χ4v) is 4.56. The van der Waals surface area contributed by atoms with Crippen LogP contribution in [0.1, 0.15) is 57.3 Å². The lowest BCUT2D eigenvalue weighted by molar-refractivity contribution is 0.0527. The average molecular weight is 422 g/mol. The normalized spacial score (nSPS) is 13.7. The summed E-state index contributed by atoms with van der Waals surface area (Å²) in [4.78, 5) is 26.3. The summed E-state index contributed by atoms with van der Waals surface area (Å²) < 4.78 is 6.16. The molecule has 3 rings (SSSR count). The molecule has 25 heavy (non-hydrogen) atoms. The van der Waals surface area contributed by atoms with Gasteiger partial charge >= 0.3 is 5.97 Å². The Kier molecular flexibility index (Phi) is 5.91. The first-order valence-corrected chi connectivity index (χ1v) is 10.1. The number of carbonyl (C=O) groups excluding carboxylic acids is 2. The van der Waals surface area contributed by atoms with Crippen molar-refractivity contribution >= 4 is 44.1 Å². The number of hydrogen-bond acceptors (Lipinski definition) is 4. The zero-order chi connectivity index (χ0) is 17.8. The van der Waals surface area contributed by atoms with Gasteiger partial charge in [-0.2, -0.15) is 0 Å². The highest BCUT2D eigenvalue weighted by molar-refractivity contribution is 9.10. The number of anilines is 1. The van der Waals surface area contributed by atoms with Crippen molar-refractivity contribution in [3.8, 4) is 0 Å². The lowest BCUT2D eigenvalue weighted by atomic mass is 10.1. The smallest absolute Gasteiger partial charge is 0.341 e. The van der Waals surface area contributed by atoms with Crippen LogP contribution >= 0.6 is 27.3 Å². The Hall–Kier alpha value is -1.66. The highest BCUT2D eigenvalue weighted by Gasteiger charge is 2.26. The molecule has 0 bridgehead atoms. The van der Waals surface area contributed by atoms with Crippen LogP contribution < -0.4 is 5.32 Å². The standard InChI is InChI=1S/C19H20BrNO3S/c1-2-24-19(23)16-14-6-4-3-5-7-15(14)25-18(16)21-17(22)12-8-10-13(20)11-9-12/h8-11H,2-7H2,1H3,(H,21,22). The summed E-state index contributed by atoms with van der Waals surface area (Å²) in [7, 11) is 0. The van der Waals surface area contributed by atoms with Crippen molar-refractivity contribution in [3.05, 3.63) is 50.3 Å². The second-order valence-corrected chi connectivity index (χ2v) is 7.97. The van der Waals surface area contributed by atoms with Gasteiger partial charge in [0, 0.05) is 14.9 Å². The number of thiophene rings is 1. The highest BCUT2D eigenvalue weighted by atomic mass is 79.9. The van der Waals surface area contributed by atoms with Crippen molar-refractivity contribution < 1.29 is 14.3 Å². The molecule has 1 aromatic carbocycles. The van der Waals surface area contributed by atoms with Crippen molar-refractivity contribution in [1.82, 2.24) is 0 Å². The third-order valence-corrected chi connectivity index (χ3v) is 5.97. The molecule has 1 N–H and O–H groups in total. The molecule has 0 radical (unpaired) electrons. The van der Waals surface area contributed by atoms with Crippen molar-refractivity contribution in [2.24, 2.45) is 0 Å². The Morgan fingerprint density at radius 2 is 1.88 bits per heavy atom. The number of amides is 1. The number of esters is 1. The third-order valence-electron chi connectivity index (χ3n) is 4.23. The van der Waals surface area contributed by atoms with E-state index in [0.29, 0.717) is 22.7 Å². The predicted octanol–water partition coefficient (Wildman–Crippen LogP) is 5.21. The molecule has 132 valence electrons. The van der Waals surface area contributed by atoms with Crippen LogP contribution in [0.3, 0.4) is 0 Å². The quantitative estimate of drug-likeness (QED) is 0.544. The van der Waals surface area contributed by atoms with E-state index in [4.69, 9.17) is 4.74 Å². The molecule has 0 spiro atoms. The largest absolute Gasteiger partial charge is 0.462 e. The minimum absolute atomic E-state index is 0.213. The van der Waals surface area contributed by atoms with Crippen molar-refractivity contribution in [2.45, 2.75) is 39.0 Å². The van der Waals surface area contributed by atoms with Gasteiger partial charge in [0.15, 0.2) is 0 Å². The van der Waals surface area contributed by atoms with E-state index in [-0.39, 0.29) is 11.9 Å². The van der Waals surface area contributed by atoms with Gasteiger partial charge in [0.1, 0.15) is 5.00 Å². The molecule has 1 aliphatic carbocycles. The second kappa shape index (κ2) is 8.15. The van der Waals surface area contributed by atoms with Crippen LogP contribution in [0.4, 0.5) is 5.00 Å². The average Bonchev–Trinajstić information content (AvgIpc) is 2.76. The maximum absolute atomic E-state index is 12.6. The van der Waals surface area contributed by atoms with E-state index in [1.165, 1.54) is 22.6 Å². The van der Waals surface area contributed by atoms with Crippen LogP contribution in [-0.2, 0) is 17.6 Å². The molecule has 2 aromatic rings. The zero-order valence-corrected chi connectivity index (χ0v) is 16.5. The van der Waals surface area contributed by atoms with Crippen molar-refractivity contribution in [3.63, 3.8) is 0 Å². The van der Waals surface area contributed by atoms with Gasteiger partial charge in [-0.15, -0.1) is 11.3 Å². The van der Waals surface area contributed by atoms with Gasteiger partial charge in [0.05, 0.1) is 12.2 Å². The van der Waals surface area contributed by atoms with Gasteiger partial charge in [-0.05, 0) is 62.4 Å². The molecule has 0 aliphatic heterocycles. The predicted molar refractivity (Wildman–Crippen MR) is 104 cm³/mol. The number of benzene rings is 1. The summed E-state index contributed by atoms with van der Waals surface area (Å²) in [6.45, 7) is 2.12. The Balaban J connectivity index is 1.93. The fourth-order valence-electron chi connectivity index (χ4n) is 3.03. The topological polar surface area (TPSA) is 55.4 Å². The number of carbonyl (C=O) groups is 2. The van der Waals surface area contributed by atoms with Crippen LogP contribution in [0.15, 0.2) is 28.7 Å². The summed E-state index contributed by atoms with van der Waals surface area (Å²) >= 11 is 4.88. The monoisotopic (exact) mass is 421 g/mol. The Morgan fingerprint density at radius 3 is 2.60 bits per heavy atom. The Labute approximate surface area is 159 Å². The van der Waals surface area contributed by atoms with E-state index in [2.05, 4.69) is 21.2 Å². The van der Waals surface area contributed by atoms with Crippen molar-refractivity contribution in [2.75, 3.05) is 11.9 Å². The van der Waals surface area contributed by atoms with Crippen LogP contribution in [0, 0.1) is 0 Å². The molecule has 1 amide bonds. The van der Waals surface area contributed by atoms with Gasteiger partial charge in [0.2, 0.25) is 0 Å². The molecule has 0 unspecified atom stereocenters. The van der Waals surface area contributed by atoms with Gasteiger partial charge in [-0.1, -0.05) is 22.4 Å². The Morgan fingerprint density at radius 1 is 1.16 bits per heavy atom. The van der Waals surface area contributed by atoms with Gasteiger partial charge in [-0.25, -0.2) is 4.79 Å². The zero-order valence-electron chi connectivity index (χ0n) is 14.1. The summed E-state index contributed by atoms with van der Waals surface area (Å²) in [5.41, 5.74) is 2.17. The number of rotatable bonds is 4. The van der Waals surface area contributed by atoms with Gasteiger partial charge in [0.25, 0.3) is 5.91 Å². The van der Waals surface area contributed by atoms with E-state index in [9.17, 15) is 9.59 Å². The minimum Gasteiger partial charge on any atom is -0.462 e. The summed E-state index contributed by atoms with van der Waals surface area (Å²) in [6.07, 6.45) is 5.19. The minimum atomic E-state index is -0.340. The van der Waals surface area contributed by atoms with Crippen LogP contribution in [-0.4, -0.2) is 18.5 Å². The number of aryl methyl sites for hydroxylation is 1. The molecule has 1 aliphatic rings. The number of ether oxygens (including phenoxy) is 1. The molecule has 0 atom stereocenters. The summed E-state index contributed by atoms with van der Waals surface area (Å²) in [5, 5.41) is 3.54. The molecule has 6 heteroatoms. The first kappa shape index (κ1) is 18.1. The van der Waals surface area contributed by atoms with Crippen LogP contribution in [0.5, 0.6) is 0 Å². The SMILES string of the molecule is CCOC(=O)c1c(NC(=O)c2ccc(Br)cc2)sc2c1CCCCC2. The van der Waals surface area contributed by atoms with E-state index >= 15 is 0 Å². The molecular formula is C19H20BrNO3S. The third kappa shape index (κ3) is 4.12. The van der Waals surface area contributed by atoms with E-state index in [1.54, 1.807) is 19.1 Å². The van der Waals surface area contributed by atoms with Gasteiger partial charge < -0.3 is 10.1 Å². The molecule has 0 saturated carbocycles. The highest BCUT2D eigenvalue weighted by Crippen LogP contribution is 2.38.